The zero-order chi connectivity index (χ0) is 21.5. The van der Waals surface area contributed by atoms with Crippen molar-refractivity contribution >= 4 is 6.03 Å². The van der Waals surface area contributed by atoms with Gasteiger partial charge in [0.05, 0.1) is 13.2 Å². The van der Waals surface area contributed by atoms with Gasteiger partial charge in [0.25, 0.3) is 0 Å². The molecule has 0 aliphatic carbocycles. The van der Waals surface area contributed by atoms with Gasteiger partial charge in [-0.2, -0.15) is 0 Å². The summed E-state index contributed by atoms with van der Waals surface area (Å²) in [6.45, 7) is 3.91. The zero-order valence-corrected chi connectivity index (χ0v) is 18.0. The van der Waals surface area contributed by atoms with E-state index in [0.29, 0.717) is 31.9 Å². The Kier molecular flexibility index (Phi) is 7.65. The van der Waals surface area contributed by atoms with E-state index in [9.17, 15) is 9.18 Å². The smallest absolute Gasteiger partial charge is 0.317 e. The third-order valence-electron chi connectivity index (χ3n) is 5.55. The molecular weight excluding hydrogens is 383 g/mol. The highest BCUT2D eigenvalue weighted by Crippen LogP contribution is 2.22. The standard InChI is InChI=1S/C23H31FN4O2/c1-26(2)21(18-7-5-4-6-8-18)16-25-23(29)28-13-11-27(12-14-28)17-19-15-20(24)9-10-22(19)30-3/h4-10,15,21H,11-14,16-17H2,1-3H3,(H,25,29). The molecule has 30 heavy (non-hydrogen) atoms. The van der Waals surface area contributed by atoms with Gasteiger partial charge in [-0.25, -0.2) is 9.18 Å². The van der Waals surface area contributed by atoms with Crippen LogP contribution in [0.2, 0.25) is 0 Å². The molecule has 2 amide bonds. The van der Waals surface area contributed by atoms with Crippen molar-refractivity contribution < 1.29 is 13.9 Å². The minimum atomic E-state index is -0.266. The predicted molar refractivity (Wildman–Crippen MR) is 116 cm³/mol. The third kappa shape index (κ3) is 5.70. The van der Waals surface area contributed by atoms with Crippen molar-refractivity contribution in [2.24, 2.45) is 0 Å². The lowest BCUT2D eigenvalue weighted by molar-refractivity contribution is 0.133. The molecule has 0 bridgehead atoms. The first-order valence-electron chi connectivity index (χ1n) is 10.3. The Labute approximate surface area is 178 Å². The molecule has 2 aromatic rings. The number of rotatable bonds is 7. The van der Waals surface area contributed by atoms with Crippen LogP contribution in [0.25, 0.3) is 0 Å². The summed E-state index contributed by atoms with van der Waals surface area (Å²) in [5.74, 6) is 0.421. The minimum absolute atomic E-state index is 0.0410. The molecule has 162 valence electrons. The molecule has 1 N–H and O–H groups in total. The van der Waals surface area contributed by atoms with Crippen molar-refractivity contribution in [2.75, 3.05) is 53.9 Å². The molecule has 6 nitrogen and oxygen atoms in total. The SMILES string of the molecule is COc1ccc(F)cc1CN1CCN(C(=O)NCC(c2ccccc2)N(C)C)CC1. The number of benzene rings is 2. The highest BCUT2D eigenvalue weighted by atomic mass is 19.1. The second-order valence-corrected chi connectivity index (χ2v) is 7.80. The molecule has 1 heterocycles. The van der Waals surface area contributed by atoms with Crippen LogP contribution >= 0.6 is 0 Å². The fourth-order valence-electron chi connectivity index (χ4n) is 3.79. The zero-order valence-electron chi connectivity index (χ0n) is 18.0. The molecule has 1 fully saturated rings. The van der Waals surface area contributed by atoms with Crippen LogP contribution in [0.15, 0.2) is 48.5 Å². The topological polar surface area (TPSA) is 48.1 Å². The molecule has 1 aliphatic heterocycles. The van der Waals surface area contributed by atoms with Crippen LogP contribution in [0, 0.1) is 5.82 Å². The number of carbonyl (C=O) groups excluding carboxylic acids is 1. The number of nitrogens with zero attached hydrogens (tertiary/aromatic N) is 3. The Morgan fingerprint density at radius 1 is 1.13 bits per heavy atom. The summed E-state index contributed by atoms with van der Waals surface area (Å²) in [6.07, 6.45) is 0. The summed E-state index contributed by atoms with van der Waals surface area (Å²) in [4.78, 5) is 18.8. The first-order valence-corrected chi connectivity index (χ1v) is 10.3. The number of halogens is 1. The van der Waals surface area contributed by atoms with E-state index in [1.54, 1.807) is 13.2 Å². The molecule has 1 unspecified atom stereocenters. The van der Waals surface area contributed by atoms with Crippen LogP contribution in [0.1, 0.15) is 17.2 Å². The maximum atomic E-state index is 13.6. The lowest BCUT2D eigenvalue weighted by Crippen LogP contribution is -2.52. The van der Waals surface area contributed by atoms with E-state index in [1.807, 2.05) is 37.2 Å². The van der Waals surface area contributed by atoms with Crippen molar-refractivity contribution in [3.05, 3.63) is 65.5 Å². The number of hydrogen-bond acceptors (Lipinski definition) is 4. The molecule has 1 saturated heterocycles. The van der Waals surface area contributed by atoms with E-state index >= 15 is 0 Å². The maximum absolute atomic E-state index is 13.6. The number of methoxy groups -OCH3 is 1. The van der Waals surface area contributed by atoms with Crippen LogP contribution in [0.3, 0.4) is 0 Å². The van der Waals surface area contributed by atoms with E-state index in [0.717, 1.165) is 18.7 Å². The van der Waals surface area contributed by atoms with Crippen molar-refractivity contribution in [1.29, 1.82) is 0 Å². The summed E-state index contributed by atoms with van der Waals surface area (Å²) in [5, 5.41) is 3.08. The molecule has 0 saturated carbocycles. The Morgan fingerprint density at radius 3 is 2.47 bits per heavy atom. The van der Waals surface area contributed by atoms with Gasteiger partial charge in [0.2, 0.25) is 0 Å². The highest BCUT2D eigenvalue weighted by molar-refractivity contribution is 5.74. The number of likely N-dealkylation sites (N-methyl/N-ethyl adjacent to an activating group) is 1. The summed E-state index contributed by atoms with van der Waals surface area (Å²) < 4.78 is 18.9. The second kappa shape index (κ2) is 10.4. The van der Waals surface area contributed by atoms with E-state index in [-0.39, 0.29) is 17.9 Å². The first kappa shape index (κ1) is 22.1. The van der Waals surface area contributed by atoms with Crippen LogP contribution in [0.5, 0.6) is 5.75 Å². The monoisotopic (exact) mass is 414 g/mol. The van der Waals surface area contributed by atoms with E-state index in [1.165, 1.54) is 17.7 Å². The summed E-state index contributed by atoms with van der Waals surface area (Å²) >= 11 is 0. The summed E-state index contributed by atoms with van der Waals surface area (Å²) in [6, 6.07) is 14.8. The maximum Gasteiger partial charge on any atom is 0.317 e. The van der Waals surface area contributed by atoms with Crippen molar-refractivity contribution in [3.63, 3.8) is 0 Å². The van der Waals surface area contributed by atoms with Gasteiger partial charge in [0, 0.05) is 44.8 Å². The number of hydrogen-bond donors (Lipinski definition) is 1. The van der Waals surface area contributed by atoms with Gasteiger partial charge in [0.15, 0.2) is 0 Å². The number of piperazine rings is 1. The average Bonchev–Trinajstić information content (AvgIpc) is 2.75. The molecular formula is C23H31FN4O2. The molecule has 0 spiro atoms. The van der Waals surface area contributed by atoms with Gasteiger partial charge in [-0.3, -0.25) is 4.90 Å². The van der Waals surface area contributed by atoms with Crippen LogP contribution in [-0.4, -0.2) is 74.7 Å². The summed E-state index contributed by atoms with van der Waals surface area (Å²) in [7, 11) is 5.63. The minimum Gasteiger partial charge on any atom is -0.496 e. The fourth-order valence-corrected chi connectivity index (χ4v) is 3.79. The predicted octanol–water partition coefficient (Wildman–Crippen LogP) is 2.96. The molecule has 3 rings (SSSR count). The van der Waals surface area contributed by atoms with Crippen molar-refractivity contribution in [1.82, 2.24) is 20.0 Å². The Hall–Kier alpha value is -2.64. The number of carbonyl (C=O) groups is 1. The number of urea groups is 1. The van der Waals surface area contributed by atoms with Gasteiger partial charge < -0.3 is 19.9 Å². The number of ether oxygens (including phenoxy) is 1. The second-order valence-electron chi connectivity index (χ2n) is 7.80. The van der Waals surface area contributed by atoms with Gasteiger partial charge >= 0.3 is 6.03 Å². The molecule has 1 atom stereocenters. The summed E-state index contributed by atoms with van der Waals surface area (Å²) in [5.41, 5.74) is 2.00. The fraction of sp³-hybridized carbons (Fsp3) is 0.435. The quantitative estimate of drug-likeness (QED) is 0.757. The van der Waals surface area contributed by atoms with Gasteiger partial charge in [0.1, 0.15) is 11.6 Å². The van der Waals surface area contributed by atoms with Gasteiger partial charge in [-0.05, 0) is 37.9 Å². The molecule has 0 radical (unpaired) electrons. The Morgan fingerprint density at radius 2 is 1.83 bits per heavy atom. The first-order chi connectivity index (χ1) is 14.5. The van der Waals surface area contributed by atoms with Crippen molar-refractivity contribution in [3.8, 4) is 5.75 Å². The van der Waals surface area contributed by atoms with Crippen molar-refractivity contribution in [2.45, 2.75) is 12.6 Å². The third-order valence-corrected chi connectivity index (χ3v) is 5.55. The van der Waals surface area contributed by atoms with Gasteiger partial charge in [-0.1, -0.05) is 30.3 Å². The van der Waals surface area contributed by atoms with Crippen LogP contribution < -0.4 is 10.1 Å². The van der Waals surface area contributed by atoms with E-state index in [2.05, 4.69) is 27.2 Å². The number of nitrogens with one attached hydrogen (secondary N) is 1. The van der Waals surface area contributed by atoms with Crippen LogP contribution in [-0.2, 0) is 6.54 Å². The number of amides is 2. The Bertz CT molecular complexity index is 823. The molecule has 2 aromatic carbocycles. The lowest BCUT2D eigenvalue weighted by Gasteiger charge is -2.35. The highest BCUT2D eigenvalue weighted by Gasteiger charge is 2.23. The van der Waals surface area contributed by atoms with Gasteiger partial charge in [-0.15, -0.1) is 0 Å². The average molecular weight is 415 g/mol. The van der Waals surface area contributed by atoms with Crippen LogP contribution in [0.4, 0.5) is 9.18 Å². The Balaban J connectivity index is 1.50. The van der Waals surface area contributed by atoms with E-state index < -0.39 is 0 Å². The normalized spacial score (nSPS) is 15.8. The lowest BCUT2D eigenvalue weighted by atomic mass is 10.1. The van der Waals surface area contributed by atoms with E-state index in [4.69, 9.17) is 4.74 Å². The largest absolute Gasteiger partial charge is 0.496 e. The molecule has 1 aliphatic rings. The molecule has 0 aromatic heterocycles. The molecule has 7 heteroatoms.